The van der Waals surface area contributed by atoms with Gasteiger partial charge in [0, 0.05) is 42.1 Å². The van der Waals surface area contributed by atoms with Crippen LogP contribution in [0.15, 0.2) is 28.7 Å². The van der Waals surface area contributed by atoms with Crippen LogP contribution in [0, 0.1) is 5.92 Å². The van der Waals surface area contributed by atoms with Gasteiger partial charge in [0.15, 0.2) is 0 Å². The molecule has 114 valence electrons. The number of nitrogens with zero attached hydrogens (tertiary/aromatic N) is 2. The van der Waals surface area contributed by atoms with E-state index >= 15 is 0 Å². The molecule has 0 saturated carbocycles. The second-order valence-corrected chi connectivity index (χ2v) is 6.55. The summed E-state index contributed by atoms with van der Waals surface area (Å²) in [4.78, 5) is 28.3. The summed E-state index contributed by atoms with van der Waals surface area (Å²) in [7, 11) is 0. The fraction of sp³-hybridized carbons (Fsp3) is 0.500. The van der Waals surface area contributed by atoms with Crippen LogP contribution in [-0.2, 0) is 4.79 Å². The second kappa shape index (κ2) is 7.07. The van der Waals surface area contributed by atoms with Crippen LogP contribution in [0.4, 0.5) is 0 Å². The number of carbonyl (C=O) groups is 2. The van der Waals surface area contributed by atoms with E-state index < -0.39 is 0 Å². The molecule has 1 saturated heterocycles. The molecular weight excluding hydrogens is 332 g/mol. The third-order valence-electron chi connectivity index (χ3n) is 3.66. The zero-order valence-corrected chi connectivity index (χ0v) is 14.1. The van der Waals surface area contributed by atoms with Gasteiger partial charge in [-0.05, 0) is 24.6 Å². The maximum absolute atomic E-state index is 12.5. The number of rotatable bonds is 2. The molecule has 1 aliphatic rings. The third-order valence-corrected chi connectivity index (χ3v) is 4.15. The minimum atomic E-state index is 0.0114. The smallest absolute Gasteiger partial charge is 0.253 e. The summed E-state index contributed by atoms with van der Waals surface area (Å²) in [5.74, 6) is 0.222. The van der Waals surface area contributed by atoms with Crippen molar-refractivity contribution < 1.29 is 9.59 Å². The van der Waals surface area contributed by atoms with Gasteiger partial charge in [0.25, 0.3) is 5.91 Å². The van der Waals surface area contributed by atoms with Crippen LogP contribution in [0.25, 0.3) is 0 Å². The standard InChI is InChI=1S/C16H21BrN2O2/c1-12(2)15(20)18-7-4-8-19(10-9-18)16(21)13-5-3-6-14(17)11-13/h3,5-6,11-12H,4,7-10H2,1-2H3. The number of halogens is 1. The van der Waals surface area contributed by atoms with Gasteiger partial charge < -0.3 is 9.80 Å². The first-order chi connectivity index (χ1) is 9.99. The molecule has 0 spiro atoms. The van der Waals surface area contributed by atoms with Gasteiger partial charge >= 0.3 is 0 Å². The van der Waals surface area contributed by atoms with E-state index in [1.54, 1.807) is 0 Å². The Hall–Kier alpha value is -1.36. The molecular formula is C16H21BrN2O2. The highest BCUT2D eigenvalue weighted by molar-refractivity contribution is 9.10. The first-order valence-corrected chi connectivity index (χ1v) is 8.12. The number of amides is 2. The zero-order chi connectivity index (χ0) is 15.4. The predicted octanol–water partition coefficient (Wildman–Crippen LogP) is 2.78. The van der Waals surface area contributed by atoms with Crippen molar-refractivity contribution in [2.45, 2.75) is 20.3 Å². The molecule has 2 amide bonds. The summed E-state index contributed by atoms with van der Waals surface area (Å²) in [5.41, 5.74) is 0.688. The van der Waals surface area contributed by atoms with Gasteiger partial charge in [-0.25, -0.2) is 0 Å². The van der Waals surface area contributed by atoms with Crippen molar-refractivity contribution in [1.29, 1.82) is 0 Å². The van der Waals surface area contributed by atoms with E-state index in [-0.39, 0.29) is 17.7 Å². The predicted molar refractivity (Wildman–Crippen MR) is 86.1 cm³/mol. The molecule has 1 heterocycles. The molecule has 0 aromatic heterocycles. The van der Waals surface area contributed by atoms with Crippen LogP contribution in [0.2, 0.25) is 0 Å². The summed E-state index contributed by atoms with van der Waals surface area (Å²) in [6.45, 7) is 6.49. The van der Waals surface area contributed by atoms with Crippen molar-refractivity contribution in [3.8, 4) is 0 Å². The van der Waals surface area contributed by atoms with E-state index in [1.165, 1.54) is 0 Å². The lowest BCUT2D eigenvalue weighted by molar-refractivity contribution is -0.134. The molecule has 0 aliphatic carbocycles. The first-order valence-electron chi connectivity index (χ1n) is 7.32. The summed E-state index contributed by atoms with van der Waals surface area (Å²) in [6, 6.07) is 7.44. The Morgan fingerprint density at radius 1 is 1.10 bits per heavy atom. The average molecular weight is 353 g/mol. The molecule has 21 heavy (non-hydrogen) atoms. The van der Waals surface area contributed by atoms with Crippen molar-refractivity contribution >= 4 is 27.7 Å². The summed E-state index contributed by atoms with van der Waals surface area (Å²) >= 11 is 3.39. The van der Waals surface area contributed by atoms with E-state index in [4.69, 9.17) is 0 Å². The van der Waals surface area contributed by atoms with Crippen LogP contribution in [0.1, 0.15) is 30.6 Å². The fourth-order valence-electron chi connectivity index (χ4n) is 2.51. The Morgan fingerprint density at radius 2 is 1.76 bits per heavy atom. The van der Waals surface area contributed by atoms with Crippen molar-refractivity contribution in [1.82, 2.24) is 9.80 Å². The lowest BCUT2D eigenvalue weighted by Gasteiger charge is -2.23. The van der Waals surface area contributed by atoms with Gasteiger partial charge in [-0.2, -0.15) is 0 Å². The Morgan fingerprint density at radius 3 is 2.43 bits per heavy atom. The van der Waals surface area contributed by atoms with E-state index in [2.05, 4.69) is 15.9 Å². The van der Waals surface area contributed by atoms with Crippen molar-refractivity contribution in [2.24, 2.45) is 5.92 Å². The highest BCUT2D eigenvalue weighted by Gasteiger charge is 2.23. The van der Waals surface area contributed by atoms with Gasteiger partial charge in [-0.1, -0.05) is 35.8 Å². The Labute approximate surface area is 134 Å². The van der Waals surface area contributed by atoms with Crippen LogP contribution in [-0.4, -0.2) is 47.8 Å². The Bertz CT molecular complexity index is 531. The maximum atomic E-state index is 12.5. The second-order valence-electron chi connectivity index (χ2n) is 5.64. The average Bonchev–Trinajstić information content (AvgIpc) is 2.71. The van der Waals surface area contributed by atoms with E-state index in [0.717, 1.165) is 17.4 Å². The van der Waals surface area contributed by atoms with Crippen LogP contribution < -0.4 is 0 Å². The van der Waals surface area contributed by atoms with Crippen LogP contribution in [0.5, 0.6) is 0 Å². The monoisotopic (exact) mass is 352 g/mol. The molecule has 0 atom stereocenters. The topological polar surface area (TPSA) is 40.6 Å². The summed E-state index contributed by atoms with van der Waals surface area (Å²) in [5, 5.41) is 0. The molecule has 5 heteroatoms. The van der Waals surface area contributed by atoms with Crippen molar-refractivity contribution in [3.05, 3.63) is 34.3 Å². The normalized spacial score (nSPS) is 16.0. The summed E-state index contributed by atoms with van der Waals surface area (Å²) < 4.78 is 0.903. The van der Waals surface area contributed by atoms with Gasteiger partial charge in [-0.3, -0.25) is 9.59 Å². The molecule has 0 bridgehead atoms. The first kappa shape index (κ1) is 16.0. The maximum Gasteiger partial charge on any atom is 0.253 e. The van der Waals surface area contributed by atoms with Gasteiger partial charge in [-0.15, -0.1) is 0 Å². The minimum absolute atomic E-state index is 0.0114. The van der Waals surface area contributed by atoms with E-state index in [9.17, 15) is 9.59 Å². The Balaban J connectivity index is 2.03. The molecule has 2 rings (SSSR count). The van der Waals surface area contributed by atoms with Crippen molar-refractivity contribution in [3.63, 3.8) is 0 Å². The van der Waals surface area contributed by atoms with Gasteiger partial charge in [0.05, 0.1) is 0 Å². The highest BCUT2D eigenvalue weighted by Crippen LogP contribution is 2.15. The minimum Gasteiger partial charge on any atom is -0.341 e. The number of benzene rings is 1. The molecule has 1 fully saturated rings. The van der Waals surface area contributed by atoms with E-state index in [0.29, 0.717) is 25.2 Å². The Kier molecular flexibility index (Phi) is 5.39. The summed E-state index contributed by atoms with van der Waals surface area (Å²) in [6.07, 6.45) is 0.832. The molecule has 1 aliphatic heterocycles. The largest absolute Gasteiger partial charge is 0.341 e. The van der Waals surface area contributed by atoms with Gasteiger partial charge in [0.2, 0.25) is 5.91 Å². The molecule has 1 aromatic carbocycles. The SMILES string of the molecule is CC(C)C(=O)N1CCCN(C(=O)c2cccc(Br)c2)CC1. The van der Waals surface area contributed by atoms with Gasteiger partial charge in [0.1, 0.15) is 0 Å². The molecule has 4 nitrogen and oxygen atoms in total. The lowest BCUT2D eigenvalue weighted by Crippen LogP contribution is -2.38. The third kappa shape index (κ3) is 4.06. The zero-order valence-electron chi connectivity index (χ0n) is 12.5. The molecule has 0 unspecified atom stereocenters. The quantitative estimate of drug-likeness (QED) is 0.820. The molecule has 0 radical (unpaired) electrons. The van der Waals surface area contributed by atoms with Crippen molar-refractivity contribution in [2.75, 3.05) is 26.2 Å². The highest BCUT2D eigenvalue weighted by atomic mass is 79.9. The number of carbonyl (C=O) groups excluding carboxylic acids is 2. The fourth-order valence-corrected chi connectivity index (χ4v) is 2.91. The van der Waals surface area contributed by atoms with Crippen LogP contribution in [0.3, 0.4) is 0 Å². The lowest BCUT2D eigenvalue weighted by atomic mass is 10.2. The van der Waals surface area contributed by atoms with Crippen LogP contribution >= 0.6 is 15.9 Å². The molecule has 1 aromatic rings. The number of hydrogen-bond acceptors (Lipinski definition) is 2. The number of hydrogen-bond donors (Lipinski definition) is 0. The van der Waals surface area contributed by atoms with E-state index in [1.807, 2.05) is 47.9 Å². The molecule has 0 N–H and O–H groups in total.